The zero-order chi connectivity index (χ0) is 18.1. The minimum Gasteiger partial charge on any atom is -0.493 e. The van der Waals surface area contributed by atoms with E-state index in [-0.39, 0.29) is 12.2 Å². The number of fused-ring (bicyclic) bond motifs is 2. The molecule has 0 saturated carbocycles. The van der Waals surface area contributed by atoms with Gasteiger partial charge in [0.25, 0.3) is 0 Å². The van der Waals surface area contributed by atoms with Gasteiger partial charge in [0.05, 0.1) is 26.9 Å². The van der Waals surface area contributed by atoms with Crippen molar-refractivity contribution in [1.82, 2.24) is 0 Å². The van der Waals surface area contributed by atoms with Crippen molar-refractivity contribution < 1.29 is 23.4 Å². The minimum atomic E-state index is -0.393. The zero-order valence-corrected chi connectivity index (χ0v) is 14.8. The van der Waals surface area contributed by atoms with Crippen molar-refractivity contribution in [1.29, 1.82) is 0 Å². The van der Waals surface area contributed by atoms with Crippen LogP contribution in [-0.4, -0.2) is 20.2 Å². The van der Waals surface area contributed by atoms with E-state index < -0.39 is 5.97 Å². The van der Waals surface area contributed by atoms with E-state index in [1.54, 1.807) is 24.5 Å². The van der Waals surface area contributed by atoms with Crippen LogP contribution in [0.1, 0.15) is 23.1 Å². The number of hydrogen-bond donors (Lipinski definition) is 0. The predicted molar refractivity (Wildman–Crippen MR) is 97.1 cm³/mol. The summed E-state index contributed by atoms with van der Waals surface area (Å²) in [5.74, 6) is 0.798. The molecule has 1 aliphatic rings. The molecule has 0 bridgehead atoms. The lowest BCUT2D eigenvalue weighted by Crippen LogP contribution is -2.12. The molecule has 2 aromatic carbocycles. The molecule has 1 heterocycles. The molecule has 0 spiro atoms. The summed E-state index contributed by atoms with van der Waals surface area (Å²) in [7, 11) is 3.05. The molecule has 3 aromatic rings. The highest BCUT2D eigenvalue weighted by Crippen LogP contribution is 2.37. The fraction of sp³-hybridized carbons (Fsp3) is 0.286. The molecule has 134 valence electrons. The van der Waals surface area contributed by atoms with Crippen LogP contribution in [0.3, 0.4) is 0 Å². The largest absolute Gasteiger partial charge is 0.493 e. The molecule has 5 nitrogen and oxygen atoms in total. The van der Waals surface area contributed by atoms with Crippen molar-refractivity contribution in [2.24, 2.45) is 0 Å². The summed E-state index contributed by atoms with van der Waals surface area (Å²) in [5, 5.41) is 0.981. The fourth-order valence-corrected chi connectivity index (χ4v) is 3.51. The number of para-hydroxylation sites is 1. The van der Waals surface area contributed by atoms with E-state index in [1.165, 1.54) is 31.8 Å². The summed E-state index contributed by atoms with van der Waals surface area (Å²) in [6, 6.07) is 9.46. The minimum absolute atomic E-state index is 0.118. The molecule has 0 aliphatic heterocycles. The lowest BCUT2D eigenvalue weighted by Gasteiger charge is -2.12. The average molecular weight is 352 g/mol. The molecule has 1 aromatic heterocycles. The SMILES string of the molecule is COc1cccc(OC)c1OC(=O)Cc1coc2cc3c(cc12)CCC3. The number of aryl methyl sites for hydroxylation is 2. The first-order chi connectivity index (χ1) is 12.7. The summed E-state index contributed by atoms with van der Waals surface area (Å²) < 4.78 is 21.7. The molecule has 0 amide bonds. The third-order valence-electron chi connectivity index (χ3n) is 4.80. The van der Waals surface area contributed by atoms with E-state index in [1.807, 2.05) is 0 Å². The van der Waals surface area contributed by atoms with Crippen LogP contribution in [0.15, 0.2) is 41.0 Å². The van der Waals surface area contributed by atoms with Gasteiger partial charge >= 0.3 is 5.97 Å². The second kappa shape index (κ2) is 6.75. The first-order valence-electron chi connectivity index (χ1n) is 8.63. The van der Waals surface area contributed by atoms with Crippen molar-refractivity contribution in [3.63, 3.8) is 0 Å². The second-order valence-electron chi connectivity index (χ2n) is 6.37. The number of carbonyl (C=O) groups is 1. The van der Waals surface area contributed by atoms with Crippen LogP contribution in [0.5, 0.6) is 17.2 Å². The van der Waals surface area contributed by atoms with Gasteiger partial charge < -0.3 is 18.6 Å². The van der Waals surface area contributed by atoms with E-state index in [0.29, 0.717) is 11.5 Å². The van der Waals surface area contributed by atoms with Gasteiger partial charge in [-0.05, 0) is 54.7 Å². The lowest BCUT2D eigenvalue weighted by atomic mass is 10.0. The molecule has 0 radical (unpaired) electrons. The Morgan fingerprint density at radius 1 is 1.08 bits per heavy atom. The number of methoxy groups -OCH3 is 2. The molecule has 0 fully saturated rings. The fourth-order valence-electron chi connectivity index (χ4n) is 3.51. The Bertz CT molecular complexity index is 948. The van der Waals surface area contributed by atoms with Crippen molar-refractivity contribution in [2.75, 3.05) is 14.2 Å². The lowest BCUT2D eigenvalue weighted by molar-refractivity contribution is -0.133. The predicted octanol–water partition coefficient (Wildman–Crippen LogP) is 4.09. The maximum absolute atomic E-state index is 12.5. The van der Waals surface area contributed by atoms with Crippen LogP contribution in [0.4, 0.5) is 0 Å². The highest BCUT2D eigenvalue weighted by Gasteiger charge is 2.19. The molecule has 0 N–H and O–H groups in total. The quantitative estimate of drug-likeness (QED) is 0.511. The molecule has 0 saturated heterocycles. The molecule has 5 heteroatoms. The van der Waals surface area contributed by atoms with Crippen LogP contribution in [0.25, 0.3) is 11.0 Å². The summed E-state index contributed by atoms with van der Waals surface area (Å²) >= 11 is 0. The number of benzene rings is 2. The number of carbonyl (C=O) groups excluding carboxylic acids is 1. The van der Waals surface area contributed by atoms with Crippen LogP contribution >= 0.6 is 0 Å². The Balaban J connectivity index is 1.59. The summed E-state index contributed by atoms with van der Waals surface area (Å²) in [5.41, 5.74) is 4.34. The highest BCUT2D eigenvalue weighted by molar-refractivity contribution is 5.88. The van der Waals surface area contributed by atoms with E-state index in [2.05, 4.69) is 12.1 Å². The molecular formula is C21H20O5. The number of esters is 1. The highest BCUT2D eigenvalue weighted by atomic mass is 16.6. The molecular weight excluding hydrogens is 332 g/mol. The van der Waals surface area contributed by atoms with E-state index in [0.717, 1.165) is 29.4 Å². The summed E-state index contributed by atoms with van der Waals surface area (Å²) in [4.78, 5) is 12.5. The number of ether oxygens (including phenoxy) is 3. The third-order valence-corrected chi connectivity index (χ3v) is 4.80. The van der Waals surface area contributed by atoms with Crippen molar-refractivity contribution in [2.45, 2.75) is 25.7 Å². The summed E-state index contributed by atoms with van der Waals surface area (Å²) in [6.07, 6.45) is 5.11. The molecule has 1 aliphatic carbocycles. The molecule has 26 heavy (non-hydrogen) atoms. The first-order valence-corrected chi connectivity index (χ1v) is 8.63. The van der Waals surface area contributed by atoms with Crippen molar-refractivity contribution in [3.8, 4) is 17.2 Å². The molecule has 0 unspecified atom stereocenters. The Morgan fingerprint density at radius 2 is 1.77 bits per heavy atom. The molecule has 0 atom stereocenters. The molecule has 4 rings (SSSR count). The monoisotopic (exact) mass is 352 g/mol. The van der Waals surface area contributed by atoms with E-state index in [9.17, 15) is 4.79 Å². The van der Waals surface area contributed by atoms with Gasteiger partial charge in [-0.25, -0.2) is 0 Å². The topological polar surface area (TPSA) is 57.9 Å². The average Bonchev–Trinajstić information content (AvgIpc) is 3.26. The van der Waals surface area contributed by atoms with Gasteiger partial charge in [0.2, 0.25) is 5.75 Å². The standard InChI is InChI=1S/C21H20O5/c1-23-17-7-4-8-18(24-2)21(17)26-20(22)11-15-12-25-19-10-14-6-3-5-13(14)9-16(15)19/h4,7-10,12H,3,5-6,11H2,1-2H3. The Hall–Kier alpha value is -2.95. The Labute approximate surface area is 151 Å². The van der Waals surface area contributed by atoms with Gasteiger partial charge in [-0.1, -0.05) is 6.07 Å². The van der Waals surface area contributed by atoms with Gasteiger partial charge in [0.1, 0.15) is 5.58 Å². The van der Waals surface area contributed by atoms with E-state index in [4.69, 9.17) is 18.6 Å². The van der Waals surface area contributed by atoms with Gasteiger partial charge in [-0.15, -0.1) is 0 Å². The van der Waals surface area contributed by atoms with Crippen molar-refractivity contribution in [3.05, 3.63) is 53.3 Å². The van der Waals surface area contributed by atoms with Gasteiger partial charge in [-0.3, -0.25) is 4.79 Å². The van der Waals surface area contributed by atoms with Crippen LogP contribution in [0, 0.1) is 0 Å². The maximum atomic E-state index is 12.5. The first kappa shape index (κ1) is 16.5. The number of rotatable bonds is 5. The Morgan fingerprint density at radius 3 is 2.46 bits per heavy atom. The van der Waals surface area contributed by atoms with E-state index >= 15 is 0 Å². The van der Waals surface area contributed by atoms with Crippen LogP contribution in [-0.2, 0) is 24.1 Å². The van der Waals surface area contributed by atoms with Crippen LogP contribution in [0.2, 0.25) is 0 Å². The smallest absolute Gasteiger partial charge is 0.316 e. The second-order valence-corrected chi connectivity index (χ2v) is 6.37. The zero-order valence-electron chi connectivity index (χ0n) is 14.8. The normalized spacial score (nSPS) is 12.8. The third kappa shape index (κ3) is 2.90. The van der Waals surface area contributed by atoms with Gasteiger partial charge in [-0.2, -0.15) is 0 Å². The Kier molecular flexibility index (Phi) is 4.29. The number of hydrogen-bond acceptors (Lipinski definition) is 5. The van der Waals surface area contributed by atoms with Gasteiger partial charge in [0, 0.05) is 10.9 Å². The number of furan rings is 1. The van der Waals surface area contributed by atoms with Crippen molar-refractivity contribution >= 4 is 16.9 Å². The van der Waals surface area contributed by atoms with Gasteiger partial charge in [0.15, 0.2) is 11.5 Å². The maximum Gasteiger partial charge on any atom is 0.316 e. The van der Waals surface area contributed by atoms with Crippen LogP contribution < -0.4 is 14.2 Å². The summed E-state index contributed by atoms with van der Waals surface area (Å²) in [6.45, 7) is 0.